The second kappa shape index (κ2) is 3.98. The van der Waals surface area contributed by atoms with Crippen LogP contribution in [0, 0.1) is 0 Å². The third-order valence-electron chi connectivity index (χ3n) is 2.22. The van der Waals surface area contributed by atoms with E-state index < -0.39 is 0 Å². The van der Waals surface area contributed by atoms with Crippen molar-refractivity contribution in [1.82, 2.24) is 9.88 Å². The summed E-state index contributed by atoms with van der Waals surface area (Å²) in [7, 11) is 0. The highest BCUT2D eigenvalue weighted by Gasteiger charge is 2.31. The Morgan fingerprint density at radius 1 is 1.79 bits per heavy atom. The zero-order chi connectivity index (χ0) is 10.1. The molecule has 2 rings (SSSR count). The normalized spacial score (nSPS) is 15.6. The molecule has 0 aromatic carbocycles. The number of halogens is 1. The maximum atomic E-state index is 11.3. The summed E-state index contributed by atoms with van der Waals surface area (Å²) < 4.78 is 0.858. The summed E-state index contributed by atoms with van der Waals surface area (Å²) >= 11 is 4.90. The van der Waals surface area contributed by atoms with Crippen LogP contribution in [0.25, 0.3) is 0 Å². The second-order valence-electron chi connectivity index (χ2n) is 3.44. The molecule has 0 atom stereocenters. The van der Waals surface area contributed by atoms with Crippen LogP contribution in [0.5, 0.6) is 0 Å². The Hall–Kier alpha value is -0.420. The van der Waals surface area contributed by atoms with Crippen molar-refractivity contribution >= 4 is 33.2 Å². The highest BCUT2D eigenvalue weighted by molar-refractivity contribution is 9.10. The Bertz CT molecular complexity index is 348. The highest BCUT2D eigenvalue weighted by atomic mass is 79.9. The van der Waals surface area contributed by atoms with Crippen LogP contribution in [-0.4, -0.2) is 21.8 Å². The summed E-state index contributed by atoms with van der Waals surface area (Å²) in [5, 5.41) is 2.94. The van der Waals surface area contributed by atoms with Crippen LogP contribution in [0.1, 0.15) is 24.8 Å². The van der Waals surface area contributed by atoms with E-state index in [0.29, 0.717) is 12.6 Å². The molecule has 0 N–H and O–H groups in total. The van der Waals surface area contributed by atoms with Crippen LogP contribution in [0.2, 0.25) is 0 Å². The van der Waals surface area contributed by atoms with Crippen molar-refractivity contribution in [1.29, 1.82) is 0 Å². The first kappa shape index (κ1) is 10.1. The summed E-state index contributed by atoms with van der Waals surface area (Å²) in [6.45, 7) is 2.29. The molecule has 0 unspecified atom stereocenters. The van der Waals surface area contributed by atoms with Crippen LogP contribution in [0.15, 0.2) is 9.98 Å². The summed E-state index contributed by atoms with van der Waals surface area (Å²) in [5.74, 6) is 0.152. The molecule has 0 saturated heterocycles. The SMILES string of the molecule is CC(=O)N(Cc1nc(Br)cs1)C1CC1. The van der Waals surface area contributed by atoms with Crippen molar-refractivity contribution in [3.05, 3.63) is 15.0 Å². The Morgan fingerprint density at radius 2 is 2.50 bits per heavy atom. The van der Waals surface area contributed by atoms with Gasteiger partial charge < -0.3 is 4.90 Å². The van der Waals surface area contributed by atoms with Gasteiger partial charge in [-0.1, -0.05) is 0 Å². The molecule has 1 aliphatic carbocycles. The Balaban J connectivity index is 2.03. The van der Waals surface area contributed by atoms with Gasteiger partial charge in [0, 0.05) is 18.3 Å². The highest BCUT2D eigenvalue weighted by Crippen LogP contribution is 2.29. The topological polar surface area (TPSA) is 33.2 Å². The summed E-state index contributed by atoms with van der Waals surface area (Å²) in [6.07, 6.45) is 2.29. The third kappa shape index (κ3) is 2.33. The van der Waals surface area contributed by atoms with E-state index in [1.165, 1.54) is 0 Å². The van der Waals surface area contributed by atoms with E-state index in [4.69, 9.17) is 0 Å². The number of carbonyl (C=O) groups excluding carboxylic acids is 1. The van der Waals surface area contributed by atoms with Crippen molar-refractivity contribution in [3.63, 3.8) is 0 Å². The van der Waals surface area contributed by atoms with Gasteiger partial charge in [-0.25, -0.2) is 4.98 Å². The Kier molecular flexibility index (Phi) is 2.88. The van der Waals surface area contributed by atoms with Gasteiger partial charge in [-0.3, -0.25) is 4.79 Å². The minimum absolute atomic E-state index is 0.152. The molecule has 3 nitrogen and oxygen atoms in total. The molecule has 1 saturated carbocycles. The fourth-order valence-electron chi connectivity index (χ4n) is 1.39. The molecule has 0 radical (unpaired) electrons. The van der Waals surface area contributed by atoms with Gasteiger partial charge in [0.05, 0.1) is 6.54 Å². The molecule has 1 amide bonds. The number of hydrogen-bond donors (Lipinski definition) is 0. The van der Waals surface area contributed by atoms with Gasteiger partial charge in [-0.05, 0) is 28.8 Å². The predicted octanol–water partition coefficient (Wildman–Crippen LogP) is 2.42. The molecule has 1 aromatic heterocycles. The minimum Gasteiger partial charge on any atom is -0.333 e. The molecule has 5 heteroatoms. The standard InChI is InChI=1S/C9H11BrN2OS/c1-6(13)12(7-2-3-7)4-9-11-8(10)5-14-9/h5,7H,2-4H2,1H3. The van der Waals surface area contributed by atoms with E-state index >= 15 is 0 Å². The third-order valence-corrected chi connectivity index (χ3v) is 3.76. The van der Waals surface area contributed by atoms with E-state index in [1.807, 2.05) is 10.3 Å². The van der Waals surface area contributed by atoms with Gasteiger partial charge in [0.2, 0.25) is 5.91 Å². The molecule has 1 aromatic rings. The number of aromatic nitrogens is 1. The lowest BCUT2D eigenvalue weighted by Gasteiger charge is -2.18. The number of amides is 1. The largest absolute Gasteiger partial charge is 0.333 e. The lowest BCUT2D eigenvalue weighted by molar-refractivity contribution is -0.130. The van der Waals surface area contributed by atoms with E-state index in [2.05, 4.69) is 20.9 Å². The van der Waals surface area contributed by atoms with Crippen LogP contribution in [0.4, 0.5) is 0 Å². The van der Waals surface area contributed by atoms with Crippen LogP contribution in [-0.2, 0) is 11.3 Å². The summed E-state index contributed by atoms with van der Waals surface area (Å²) in [5.41, 5.74) is 0. The van der Waals surface area contributed by atoms with Gasteiger partial charge in [-0.15, -0.1) is 11.3 Å². The lowest BCUT2D eigenvalue weighted by Crippen LogP contribution is -2.30. The molecule has 0 aliphatic heterocycles. The van der Waals surface area contributed by atoms with Gasteiger partial charge in [0.1, 0.15) is 9.61 Å². The number of hydrogen-bond acceptors (Lipinski definition) is 3. The van der Waals surface area contributed by atoms with E-state index in [9.17, 15) is 4.79 Å². The minimum atomic E-state index is 0.152. The number of nitrogens with zero attached hydrogens (tertiary/aromatic N) is 2. The molecule has 0 bridgehead atoms. The first-order valence-corrected chi connectivity index (χ1v) is 6.21. The second-order valence-corrected chi connectivity index (χ2v) is 5.20. The van der Waals surface area contributed by atoms with Crippen LogP contribution < -0.4 is 0 Å². The quantitative estimate of drug-likeness (QED) is 0.848. The Morgan fingerprint density at radius 3 is 2.93 bits per heavy atom. The van der Waals surface area contributed by atoms with Crippen LogP contribution >= 0.6 is 27.3 Å². The Labute approximate surface area is 95.3 Å². The van der Waals surface area contributed by atoms with Crippen molar-refractivity contribution in [2.45, 2.75) is 32.4 Å². The van der Waals surface area contributed by atoms with E-state index in [-0.39, 0.29) is 5.91 Å². The van der Waals surface area contributed by atoms with E-state index in [1.54, 1.807) is 18.3 Å². The molecule has 0 spiro atoms. The molecule has 1 aliphatic rings. The number of carbonyl (C=O) groups is 1. The summed E-state index contributed by atoms with van der Waals surface area (Å²) in [4.78, 5) is 17.5. The van der Waals surface area contributed by atoms with Gasteiger partial charge in [-0.2, -0.15) is 0 Å². The molecule has 1 heterocycles. The average molecular weight is 275 g/mol. The molecule has 76 valence electrons. The zero-order valence-electron chi connectivity index (χ0n) is 7.86. The first-order valence-electron chi connectivity index (χ1n) is 4.54. The van der Waals surface area contributed by atoms with Crippen molar-refractivity contribution in [3.8, 4) is 0 Å². The molecular formula is C9H11BrN2OS. The maximum Gasteiger partial charge on any atom is 0.220 e. The molecular weight excluding hydrogens is 264 g/mol. The van der Waals surface area contributed by atoms with Gasteiger partial charge >= 0.3 is 0 Å². The van der Waals surface area contributed by atoms with Crippen molar-refractivity contribution in [2.75, 3.05) is 0 Å². The molecule has 14 heavy (non-hydrogen) atoms. The number of rotatable bonds is 3. The average Bonchev–Trinajstić information content (AvgIpc) is 2.86. The van der Waals surface area contributed by atoms with Gasteiger partial charge in [0.15, 0.2) is 0 Å². The molecule has 1 fully saturated rings. The number of thiazole rings is 1. The van der Waals surface area contributed by atoms with Gasteiger partial charge in [0.25, 0.3) is 0 Å². The predicted molar refractivity (Wildman–Crippen MR) is 59.1 cm³/mol. The monoisotopic (exact) mass is 274 g/mol. The fourth-order valence-corrected chi connectivity index (χ4v) is 2.65. The smallest absolute Gasteiger partial charge is 0.220 e. The fraction of sp³-hybridized carbons (Fsp3) is 0.556. The van der Waals surface area contributed by atoms with Crippen molar-refractivity contribution in [2.24, 2.45) is 0 Å². The maximum absolute atomic E-state index is 11.3. The lowest BCUT2D eigenvalue weighted by atomic mass is 10.4. The van der Waals surface area contributed by atoms with E-state index in [0.717, 1.165) is 22.5 Å². The van der Waals surface area contributed by atoms with Crippen LogP contribution in [0.3, 0.4) is 0 Å². The summed E-state index contributed by atoms with van der Waals surface area (Å²) in [6, 6.07) is 0.468. The van der Waals surface area contributed by atoms with Crippen molar-refractivity contribution < 1.29 is 4.79 Å². The first-order chi connectivity index (χ1) is 6.66. The zero-order valence-corrected chi connectivity index (χ0v) is 10.3.